The van der Waals surface area contributed by atoms with Crippen LogP contribution >= 0.6 is 22.6 Å². The third kappa shape index (κ3) is 2.13. The molecule has 0 spiro atoms. The van der Waals surface area contributed by atoms with E-state index in [1.807, 2.05) is 0 Å². The molecular weight excluding hydrogens is 258 g/mol. The smallest absolute Gasteiger partial charge is 0.123 e. The summed E-state index contributed by atoms with van der Waals surface area (Å²) in [6.07, 6.45) is -0.599. The largest absolute Gasteiger partial charge is 0.389 e. The van der Waals surface area contributed by atoms with E-state index in [4.69, 9.17) is 5.11 Å². The Hall–Kier alpha value is -0.160. The molecule has 1 aromatic rings. The zero-order chi connectivity index (χ0) is 8.43. The van der Waals surface area contributed by atoms with E-state index in [0.29, 0.717) is 5.56 Å². The van der Waals surface area contributed by atoms with Gasteiger partial charge in [0.1, 0.15) is 5.82 Å². The first kappa shape index (κ1) is 8.93. The predicted molar refractivity (Wildman–Crippen MR) is 49.8 cm³/mol. The fourth-order valence-corrected chi connectivity index (χ4v) is 1.62. The van der Waals surface area contributed by atoms with Gasteiger partial charge in [0.25, 0.3) is 0 Å². The molecule has 0 aliphatic rings. The molecule has 0 heterocycles. The van der Waals surface area contributed by atoms with Crippen molar-refractivity contribution in [3.05, 3.63) is 33.1 Å². The highest BCUT2D eigenvalue weighted by Gasteiger charge is 2.05. The van der Waals surface area contributed by atoms with Crippen LogP contribution in [0.5, 0.6) is 0 Å². The SMILES string of the molecule is CC(O)c1cc(F)ccc1I. The molecule has 1 N–H and O–H groups in total. The minimum absolute atomic E-state index is 0.304. The zero-order valence-corrected chi connectivity index (χ0v) is 8.17. The Morgan fingerprint density at radius 3 is 2.64 bits per heavy atom. The molecule has 0 amide bonds. The van der Waals surface area contributed by atoms with Crippen LogP contribution in [0.1, 0.15) is 18.6 Å². The van der Waals surface area contributed by atoms with Crippen LogP contribution in [0.15, 0.2) is 18.2 Å². The minimum Gasteiger partial charge on any atom is -0.389 e. The molecule has 1 unspecified atom stereocenters. The molecule has 1 aromatic carbocycles. The molecule has 11 heavy (non-hydrogen) atoms. The van der Waals surface area contributed by atoms with Crippen molar-refractivity contribution < 1.29 is 9.50 Å². The maximum atomic E-state index is 12.6. The summed E-state index contributed by atoms with van der Waals surface area (Å²) in [5.74, 6) is -0.304. The van der Waals surface area contributed by atoms with E-state index in [9.17, 15) is 4.39 Å². The second-order valence-electron chi connectivity index (χ2n) is 2.34. The van der Waals surface area contributed by atoms with Gasteiger partial charge in [0, 0.05) is 3.57 Å². The Labute approximate surface area is 78.4 Å². The summed E-state index contributed by atoms with van der Waals surface area (Å²) in [7, 11) is 0. The van der Waals surface area contributed by atoms with Gasteiger partial charge in [-0.15, -0.1) is 0 Å². The fourth-order valence-electron chi connectivity index (χ4n) is 0.835. The normalized spacial score (nSPS) is 13.1. The quantitative estimate of drug-likeness (QED) is 0.774. The van der Waals surface area contributed by atoms with Gasteiger partial charge in [-0.25, -0.2) is 4.39 Å². The lowest BCUT2D eigenvalue weighted by Crippen LogP contribution is -1.95. The topological polar surface area (TPSA) is 20.2 Å². The first-order valence-electron chi connectivity index (χ1n) is 3.24. The average molecular weight is 266 g/mol. The van der Waals surface area contributed by atoms with Crippen molar-refractivity contribution in [3.8, 4) is 0 Å². The summed E-state index contributed by atoms with van der Waals surface area (Å²) in [4.78, 5) is 0. The second kappa shape index (κ2) is 3.49. The van der Waals surface area contributed by atoms with Crippen molar-refractivity contribution in [2.45, 2.75) is 13.0 Å². The molecule has 1 atom stereocenters. The van der Waals surface area contributed by atoms with E-state index in [0.717, 1.165) is 3.57 Å². The molecular formula is C8H8FIO. The molecule has 0 saturated heterocycles. The molecule has 60 valence electrons. The van der Waals surface area contributed by atoms with Crippen LogP contribution in [-0.2, 0) is 0 Å². The number of aliphatic hydroxyl groups is 1. The monoisotopic (exact) mass is 266 g/mol. The van der Waals surface area contributed by atoms with E-state index in [1.165, 1.54) is 12.1 Å². The van der Waals surface area contributed by atoms with Gasteiger partial charge in [-0.2, -0.15) is 0 Å². The summed E-state index contributed by atoms with van der Waals surface area (Å²) in [6, 6.07) is 4.39. The lowest BCUT2D eigenvalue weighted by atomic mass is 10.1. The average Bonchev–Trinajstić information content (AvgIpc) is 1.94. The summed E-state index contributed by atoms with van der Waals surface area (Å²) in [5, 5.41) is 9.16. The highest BCUT2D eigenvalue weighted by atomic mass is 127. The molecule has 0 saturated carbocycles. The molecule has 3 heteroatoms. The Balaban J connectivity index is 3.13. The maximum Gasteiger partial charge on any atom is 0.123 e. The van der Waals surface area contributed by atoms with Gasteiger partial charge in [0.2, 0.25) is 0 Å². The summed E-state index contributed by atoms with van der Waals surface area (Å²) < 4.78 is 13.5. The highest BCUT2D eigenvalue weighted by Crippen LogP contribution is 2.20. The van der Waals surface area contributed by atoms with Gasteiger partial charge in [0.15, 0.2) is 0 Å². The Kier molecular flexibility index (Phi) is 2.84. The third-order valence-corrected chi connectivity index (χ3v) is 2.39. The Bertz CT molecular complexity index is 260. The Morgan fingerprint density at radius 2 is 2.18 bits per heavy atom. The van der Waals surface area contributed by atoms with Crippen molar-refractivity contribution in [3.63, 3.8) is 0 Å². The molecule has 0 fully saturated rings. The van der Waals surface area contributed by atoms with Crippen molar-refractivity contribution >= 4 is 22.6 Å². The van der Waals surface area contributed by atoms with Crippen molar-refractivity contribution in [1.29, 1.82) is 0 Å². The van der Waals surface area contributed by atoms with Gasteiger partial charge < -0.3 is 5.11 Å². The molecule has 1 rings (SSSR count). The summed E-state index contributed by atoms with van der Waals surface area (Å²) >= 11 is 2.07. The Morgan fingerprint density at radius 1 is 1.55 bits per heavy atom. The number of aliphatic hydroxyl groups excluding tert-OH is 1. The highest BCUT2D eigenvalue weighted by molar-refractivity contribution is 14.1. The predicted octanol–water partition coefficient (Wildman–Crippen LogP) is 2.48. The second-order valence-corrected chi connectivity index (χ2v) is 3.50. The summed E-state index contributed by atoms with van der Waals surface area (Å²) in [5.41, 5.74) is 0.644. The number of benzene rings is 1. The first-order valence-corrected chi connectivity index (χ1v) is 4.32. The molecule has 0 radical (unpaired) electrons. The van der Waals surface area contributed by atoms with E-state index in [2.05, 4.69) is 22.6 Å². The maximum absolute atomic E-state index is 12.6. The van der Waals surface area contributed by atoms with Gasteiger partial charge in [-0.05, 0) is 53.3 Å². The molecule has 1 nitrogen and oxygen atoms in total. The zero-order valence-electron chi connectivity index (χ0n) is 6.01. The van der Waals surface area contributed by atoms with Crippen LogP contribution in [0, 0.1) is 9.39 Å². The van der Waals surface area contributed by atoms with Gasteiger partial charge in [0.05, 0.1) is 6.10 Å². The van der Waals surface area contributed by atoms with E-state index >= 15 is 0 Å². The van der Waals surface area contributed by atoms with Crippen LogP contribution in [0.4, 0.5) is 4.39 Å². The minimum atomic E-state index is -0.599. The molecule has 0 bridgehead atoms. The van der Waals surface area contributed by atoms with Gasteiger partial charge >= 0.3 is 0 Å². The fraction of sp³-hybridized carbons (Fsp3) is 0.250. The molecule has 0 aliphatic carbocycles. The third-order valence-electron chi connectivity index (χ3n) is 1.41. The summed E-state index contributed by atoms with van der Waals surface area (Å²) in [6.45, 7) is 1.62. The van der Waals surface area contributed by atoms with Gasteiger partial charge in [-0.3, -0.25) is 0 Å². The number of rotatable bonds is 1. The lowest BCUT2D eigenvalue weighted by molar-refractivity contribution is 0.198. The first-order chi connectivity index (χ1) is 5.11. The van der Waals surface area contributed by atoms with Crippen molar-refractivity contribution in [1.82, 2.24) is 0 Å². The van der Waals surface area contributed by atoms with Crippen LogP contribution in [0.2, 0.25) is 0 Å². The van der Waals surface area contributed by atoms with Crippen LogP contribution in [0.3, 0.4) is 0 Å². The molecule has 0 aliphatic heterocycles. The number of hydrogen-bond donors (Lipinski definition) is 1. The van der Waals surface area contributed by atoms with E-state index in [-0.39, 0.29) is 5.82 Å². The van der Waals surface area contributed by atoms with Crippen LogP contribution in [0.25, 0.3) is 0 Å². The van der Waals surface area contributed by atoms with Crippen LogP contribution in [-0.4, -0.2) is 5.11 Å². The van der Waals surface area contributed by atoms with Crippen molar-refractivity contribution in [2.75, 3.05) is 0 Å². The number of halogens is 2. The lowest BCUT2D eigenvalue weighted by Gasteiger charge is -2.06. The van der Waals surface area contributed by atoms with E-state index < -0.39 is 6.10 Å². The van der Waals surface area contributed by atoms with Crippen molar-refractivity contribution in [2.24, 2.45) is 0 Å². The standard InChI is InChI=1S/C8H8FIO/c1-5(11)7-4-6(9)2-3-8(7)10/h2-5,11H,1H3. The number of hydrogen-bond acceptors (Lipinski definition) is 1. The molecule has 0 aromatic heterocycles. The van der Waals surface area contributed by atoms with Crippen LogP contribution < -0.4 is 0 Å². The van der Waals surface area contributed by atoms with Gasteiger partial charge in [-0.1, -0.05) is 0 Å². The van der Waals surface area contributed by atoms with E-state index in [1.54, 1.807) is 13.0 Å².